The second-order valence-corrected chi connectivity index (χ2v) is 6.12. The summed E-state index contributed by atoms with van der Waals surface area (Å²) in [6.07, 6.45) is 14.9. The summed E-state index contributed by atoms with van der Waals surface area (Å²) in [5, 5.41) is 0. The molecule has 4 atom stereocenters. The van der Waals surface area contributed by atoms with Gasteiger partial charge in [0.25, 0.3) is 0 Å². The standard InChI is InChI=1S/C17H30O2/c1-3-8-16-15(4-2)13-18-17(19-16)12-11-14-9-6-5-7-10-14/h5-6,14-17H,3-4,7-13H2,1-2H3. The van der Waals surface area contributed by atoms with E-state index >= 15 is 0 Å². The Bertz CT molecular complexity index is 274. The fourth-order valence-electron chi connectivity index (χ4n) is 3.29. The molecule has 0 N–H and O–H groups in total. The first kappa shape index (κ1) is 15.1. The Balaban J connectivity index is 1.73. The van der Waals surface area contributed by atoms with Crippen LogP contribution in [-0.4, -0.2) is 19.0 Å². The smallest absolute Gasteiger partial charge is 0.157 e. The fraction of sp³-hybridized carbons (Fsp3) is 0.882. The Morgan fingerprint density at radius 2 is 2.00 bits per heavy atom. The van der Waals surface area contributed by atoms with Gasteiger partial charge in [0, 0.05) is 5.92 Å². The summed E-state index contributed by atoms with van der Waals surface area (Å²) in [5.41, 5.74) is 0. The molecule has 0 aromatic rings. The summed E-state index contributed by atoms with van der Waals surface area (Å²) < 4.78 is 12.1. The van der Waals surface area contributed by atoms with Crippen LogP contribution in [0.15, 0.2) is 12.2 Å². The third-order valence-corrected chi connectivity index (χ3v) is 4.63. The molecule has 1 aliphatic heterocycles. The Kier molecular flexibility index (Phi) is 6.39. The van der Waals surface area contributed by atoms with Gasteiger partial charge in [-0.15, -0.1) is 0 Å². The molecule has 1 heterocycles. The second-order valence-electron chi connectivity index (χ2n) is 6.12. The van der Waals surface area contributed by atoms with Crippen molar-refractivity contribution in [3.8, 4) is 0 Å². The van der Waals surface area contributed by atoms with Gasteiger partial charge in [-0.3, -0.25) is 0 Å². The third kappa shape index (κ3) is 4.61. The first-order valence-electron chi connectivity index (χ1n) is 8.25. The van der Waals surface area contributed by atoms with Crippen LogP contribution in [0.25, 0.3) is 0 Å². The van der Waals surface area contributed by atoms with Gasteiger partial charge in [0.05, 0.1) is 12.7 Å². The number of hydrogen-bond acceptors (Lipinski definition) is 2. The van der Waals surface area contributed by atoms with Gasteiger partial charge < -0.3 is 9.47 Å². The normalized spacial score (nSPS) is 35.5. The van der Waals surface area contributed by atoms with Gasteiger partial charge >= 0.3 is 0 Å². The van der Waals surface area contributed by atoms with E-state index in [1.165, 1.54) is 44.9 Å². The maximum Gasteiger partial charge on any atom is 0.157 e. The summed E-state index contributed by atoms with van der Waals surface area (Å²) in [6, 6.07) is 0. The molecule has 19 heavy (non-hydrogen) atoms. The lowest BCUT2D eigenvalue weighted by molar-refractivity contribution is -0.241. The average molecular weight is 266 g/mol. The molecule has 0 aromatic carbocycles. The van der Waals surface area contributed by atoms with E-state index < -0.39 is 0 Å². The van der Waals surface area contributed by atoms with Crippen LogP contribution in [0.2, 0.25) is 0 Å². The zero-order chi connectivity index (χ0) is 13.5. The highest BCUT2D eigenvalue weighted by Crippen LogP contribution is 2.29. The van der Waals surface area contributed by atoms with Crippen molar-refractivity contribution < 1.29 is 9.47 Å². The Hall–Kier alpha value is -0.340. The molecular weight excluding hydrogens is 236 g/mol. The largest absolute Gasteiger partial charge is 0.352 e. The molecule has 1 saturated heterocycles. The molecular formula is C17H30O2. The summed E-state index contributed by atoms with van der Waals surface area (Å²) in [7, 11) is 0. The van der Waals surface area contributed by atoms with E-state index in [2.05, 4.69) is 26.0 Å². The highest BCUT2D eigenvalue weighted by Gasteiger charge is 2.30. The Morgan fingerprint density at radius 3 is 2.68 bits per heavy atom. The van der Waals surface area contributed by atoms with E-state index in [9.17, 15) is 0 Å². The van der Waals surface area contributed by atoms with Gasteiger partial charge in [0.1, 0.15) is 0 Å². The lowest BCUT2D eigenvalue weighted by atomic mass is 9.90. The monoisotopic (exact) mass is 266 g/mol. The van der Waals surface area contributed by atoms with E-state index in [0.717, 1.165) is 18.9 Å². The molecule has 0 radical (unpaired) electrons. The van der Waals surface area contributed by atoms with Crippen LogP contribution >= 0.6 is 0 Å². The van der Waals surface area contributed by atoms with Crippen LogP contribution in [0, 0.1) is 11.8 Å². The number of hydrogen-bond donors (Lipinski definition) is 0. The van der Waals surface area contributed by atoms with Crippen molar-refractivity contribution in [2.75, 3.05) is 6.61 Å². The fourth-order valence-corrected chi connectivity index (χ4v) is 3.29. The van der Waals surface area contributed by atoms with E-state index in [4.69, 9.17) is 9.47 Å². The minimum absolute atomic E-state index is 0.0604. The average Bonchev–Trinajstić information content (AvgIpc) is 2.47. The minimum atomic E-state index is 0.0604. The summed E-state index contributed by atoms with van der Waals surface area (Å²) >= 11 is 0. The maximum absolute atomic E-state index is 6.18. The zero-order valence-corrected chi connectivity index (χ0v) is 12.6. The molecule has 0 bridgehead atoms. The van der Waals surface area contributed by atoms with Gasteiger partial charge in [-0.25, -0.2) is 0 Å². The van der Waals surface area contributed by atoms with Gasteiger partial charge in [-0.2, -0.15) is 0 Å². The van der Waals surface area contributed by atoms with Crippen LogP contribution in [-0.2, 0) is 9.47 Å². The highest BCUT2D eigenvalue weighted by molar-refractivity contribution is 4.90. The van der Waals surface area contributed by atoms with Crippen molar-refractivity contribution in [1.82, 2.24) is 0 Å². The first-order chi connectivity index (χ1) is 9.33. The van der Waals surface area contributed by atoms with Crippen molar-refractivity contribution in [2.24, 2.45) is 11.8 Å². The second kappa shape index (κ2) is 8.06. The molecule has 2 heteroatoms. The molecule has 110 valence electrons. The molecule has 0 saturated carbocycles. The van der Waals surface area contributed by atoms with Gasteiger partial charge in [0.15, 0.2) is 6.29 Å². The van der Waals surface area contributed by atoms with E-state index in [0.29, 0.717) is 12.0 Å². The molecule has 2 aliphatic rings. The molecule has 1 fully saturated rings. The lowest BCUT2D eigenvalue weighted by Gasteiger charge is -2.37. The summed E-state index contributed by atoms with van der Waals surface area (Å²) in [6.45, 7) is 5.39. The van der Waals surface area contributed by atoms with Crippen molar-refractivity contribution in [1.29, 1.82) is 0 Å². The van der Waals surface area contributed by atoms with Crippen LogP contribution in [0.1, 0.15) is 65.2 Å². The SMILES string of the molecule is CCCC1OC(CCC2CC=CCC2)OCC1CC. The van der Waals surface area contributed by atoms with Crippen LogP contribution in [0.4, 0.5) is 0 Å². The molecule has 0 aromatic heterocycles. The van der Waals surface area contributed by atoms with E-state index in [-0.39, 0.29) is 6.29 Å². The number of ether oxygens (including phenoxy) is 2. The first-order valence-corrected chi connectivity index (χ1v) is 8.25. The van der Waals surface area contributed by atoms with Crippen molar-refractivity contribution >= 4 is 0 Å². The van der Waals surface area contributed by atoms with Crippen LogP contribution < -0.4 is 0 Å². The number of allylic oxidation sites excluding steroid dienone is 2. The predicted molar refractivity (Wildman–Crippen MR) is 79.0 cm³/mol. The predicted octanol–water partition coefficient (Wildman–Crippen LogP) is 4.69. The third-order valence-electron chi connectivity index (χ3n) is 4.63. The van der Waals surface area contributed by atoms with Crippen LogP contribution in [0.3, 0.4) is 0 Å². The Labute approximate surface area is 118 Å². The lowest BCUT2D eigenvalue weighted by Crippen LogP contribution is -2.39. The molecule has 0 amide bonds. The van der Waals surface area contributed by atoms with Crippen LogP contribution in [0.5, 0.6) is 0 Å². The van der Waals surface area contributed by atoms with Crippen molar-refractivity contribution in [3.63, 3.8) is 0 Å². The molecule has 2 rings (SSSR count). The van der Waals surface area contributed by atoms with Crippen molar-refractivity contribution in [2.45, 2.75) is 77.6 Å². The molecule has 4 unspecified atom stereocenters. The molecule has 2 nitrogen and oxygen atoms in total. The highest BCUT2D eigenvalue weighted by atomic mass is 16.7. The summed E-state index contributed by atoms with van der Waals surface area (Å²) in [4.78, 5) is 0. The van der Waals surface area contributed by atoms with E-state index in [1.807, 2.05) is 0 Å². The van der Waals surface area contributed by atoms with E-state index in [1.54, 1.807) is 0 Å². The zero-order valence-electron chi connectivity index (χ0n) is 12.6. The Morgan fingerprint density at radius 1 is 1.11 bits per heavy atom. The van der Waals surface area contributed by atoms with Gasteiger partial charge in [-0.1, -0.05) is 32.4 Å². The molecule has 1 aliphatic carbocycles. The van der Waals surface area contributed by atoms with Gasteiger partial charge in [-0.05, 0) is 50.9 Å². The molecule has 0 spiro atoms. The van der Waals surface area contributed by atoms with Crippen molar-refractivity contribution in [3.05, 3.63) is 12.2 Å². The minimum Gasteiger partial charge on any atom is -0.352 e. The topological polar surface area (TPSA) is 18.5 Å². The quantitative estimate of drug-likeness (QED) is 0.649. The van der Waals surface area contributed by atoms with Gasteiger partial charge in [0.2, 0.25) is 0 Å². The number of rotatable bonds is 6. The maximum atomic E-state index is 6.18. The summed E-state index contributed by atoms with van der Waals surface area (Å²) in [5.74, 6) is 1.46.